The lowest BCUT2D eigenvalue weighted by Crippen LogP contribution is -2.42. The Hall–Kier alpha value is -3.22. The molecule has 2 aromatic heterocycles. The molecule has 4 rings (SSSR count). The third kappa shape index (κ3) is 3.28. The van der Waals surface area contributed by atoms with Gasteiger partial charge in [0.1, 0.15) is 11.9 Å². The highest BCUT2D eigenvalue weighted by atomic mass is 16.2. The summed E-state index contributed by atoms with van der Waals surface area (Å²) in [6.07, 6.45) is 4.64. The van der Waals surface area contributed by atoms with E-state index in [1.807, 2.05) is 43.3 Å². The summed E-state index contributed by atoms with van der Waals surface area (Å²) >= 11 is 0. The van der Waals surface area contributed by atoms with Crippen LogP contribution in [0, 0.1) is 0 Å². The number of carbonyl (C=O) groups is 1. The fraction of sp³-hybridized carbons (Fsp3) is 0.300. The van der Waals surface area contributed by atoms with Gasteiger partial charge in [0, 0.05) is 30.1 Å². The topological polar surface area (TPSA) is 83.9 Å². The Morgan fingerprint density at radius 2 is 2.07 bits per heavy atom. The normalized spacial score (nSPS) is 14.6. The molecule has 0 saturated carbocycles. The van der Waals surface area contributed by atoms with Crippen molar-refractivity contribution in [3.8, 4) is 11.4 Å². The minimum absolute atomic E-state index is 0.00944. The second-order valence-electron chi connectivity index (χ2n) is 6.63. The second kappa shape index (κ2) is 7.19. The molecule has 3 heterocycles. The largest absolute Gasteiger partial charge is 0.335 e. The van der Waals surface area contributed by atoms with Crippen LogP contribution in [0.25, 0.3) is 11.4 Å². The monoisotopic (exact) mass is 363 g/mol. The fourth-order valence-electron chi connectivity index (χ4n) is 3.51. The molecule has 27 heavy (non-hydrogen) atoms. The number of aromatic nitrogens is 4. The van der Waals surface area contributed by atoms with Gasteiger partial charge in [-0.25, -0.2) is 4.98 Å². The first-order valence-corrected chi connectivity index (χ1v) is 9.12. The Balaban J connectivity index is 1.63. The summed E-state index contributed by atoms with van der Waals surface area (Å²) in [5, 5.41) is 4.21. The SMILES string of the molecule is CCC(C(=O)N1CCc2c(nc(-c3ccccc3)[nH]c2=O)C1)n1cccn1. The van der Waals surface area contributed by atoms with Crippen molar-refractivity contribution in [3.05, 3.63) is 70.4 Å². The lowest BCUT2D eigenvalue weighted by atomic mass is 10.0. The summed E-state index contributed by atoms with van der Waals surface area (Å²) in [5.41, 5.74) is 2.08. The zero-order chi connectivity index (χ0) is 18.8. The van der Waals surface area contributed by atoms with E-state index in [1.165, 1.54) is 0 Å². The van der Waals surface area contributed by atoms with Crippen LogP contribution in [0.1, 0.15) is 30.6 Å². The lowest BCUT2D eigenvalue weighted by Gasteiger charge is -2.30. The Morgan fingerprint density at radius 1 is 1.26 bits per heavy atom. The molecule has 7 heteroatoms. The summed E-state index contributed by atoms with van der Waals surface area (Å²) in [6.45, 7) is 2.83. The van der Waals surface area contributed by atoms with Crippen LogP contribution in [0.3, 0.4) is 0 Å². The maximum absolute atomic E-state index is 13.0. The van der Waals surface area contributed by atoms with Crippen molar-refractivity contribution in [3.63, 3.8) is 0 Å². The predicted molar refractivity (Wildman–Crippen MR) is 101 cm³/mol. The van der Waals surface area contributed by atoms with Crippen LogP contribution in [0.15, 0.2) is 53.6 Å². The Morgan fingerprint density at radius 3 is 2.78 bits per heavy atom. The zero-order valence-electron chi connectivity index (χ0n) is 15.1. The van der Waals surface area contributed by atoms with E-state index >= 15 is 0 Å². The minimum Gasteiger partial charge on any atom is -0.335 e. The van der Waals surface area contributed by atoms with E-state index in [9.17, 15) is 9.59 Å². The number of rotatable bonds is 4. The molecule has 1 aromatic carbocycles. The smallest absolute Gasteiger partial charge is 0.254 e. The molecule has 0 saturated heterocycles. The van der Waals surface area contributed by atoms with E-state index in [0.717, 1.165) is 5.56 Å². The van der Waals surface area contributed by atoms with Crippen LogP contribution >= 0.6 is 0 Å². The molecule has 0 fully saturated rings. The molecule has 0 radical (unpaired) electrons. The zero-order valence-corrected chi connectivity index (χ0v) is 15.1. The molecule has 3 aromatic rings. The van der Waals surface area contributed by atoms with E-state index in [2.05, 4.69) is 15.1 Å². The van der Waals surface area contributed by atoms with Gasteiger partial charge in [0.15, 0.2) is 0 Å². The van der Waals surface area contributed by atoms with E-state index in [0.29, 0.717) is 43.0 Å². The number of nitrogens with zero attached hydrogens (tertiary/aromatic N) is 4. The standard InChI is InChI=1S/C20H21N5O2/c1-2-17(25-11-6-10-21-25)20(27)24-12-9-15-16(13-24)22-18(23-19(15)26)14-7-4-3-5-8-14/h3-8,10-11,17H,2,9,12-13H2,1H3,(H,22,23,26). The van der Waals surface area contributed by atoms with Crippen molar-refractivity contribution >= 4 is 5.91 Å². The van der Waals surface area contributed by atoms with Crippen molar-refractivity contribution in [1.82, 2.24) is 24.6 Å². The third-order valence-corrected chi connectivity index (χ3v) is 4.95. The van der Waals surface area contributed by atoms with Gasteiger partial charge < -0.3 is 9.88 Å². The minimum atomic E-state index is -0.336. The van der Waals surface area contributed by atoms with Gasteiger partial charge in [0.05, 0.1) is 12.2 Å². The molecule has 0 aliphatic carbocycles. The van der Waals surface area contributed by atoms with Crippen LogP contribution in [0.4, 0.5) is 0 Å². The van der Waals surface area contributed by atoms with Crippen molar-refractivity contribution in [2.45, 2.75) is 32.4 Å². The lowest BCUT2D eigenvalue weighted by molar-refractivity contribution is -0.136. The number of hydrogen-bond donors (Lipinski definition) is 1. The predicted octanol–water partition coefficient (Wildman–Crippen LogP) is 2.17. The number of hydrogen-bond acceptors (Lipinski definition) is 4. The van der Waals surface area contributed by atoms with Gasteiger partial charge in [-0.2, -0.15) is 5.10 Å². The van der Waals surface area contributed by atoms with Crippen LogP contribution < -0.4 is 5.56 Å². The van der Waals surface area contributed by atoms with Gasteiger partial charge >= 0.3 is 0 Å². The molecule has 1 N–H and O–H groups in total. The summed E-state index contributed by atoms with van der Waals surface area (Å²) in [6, 6.07) is 11.0. The molecule has 1 unspecified atom stereocenters. The molecule has 1 aliphatic heterocycles. The third-order valence-electron chi connectivity index (χ3n) is 4.95. The second-order valence-corrected chi connectivity index (χ2v) is 6.63. The Labute approximate surface area is 156 Å². The first-order valence-electron chi connectivity index (χ1n) is 9.12. The van der Waals surface area contributed by atoms with Gasteiger partial charge in [-0.05, 0) is 18.9 Å². The summed E-state index contributed by atoms with van der Waals surface area (Å²) in [4.78, 5) is 34.8. The first-order chi connectivity index (χ1) is 13.2. The van der Waals surface area contributed by atoms with Crippen LogP contribution in [0.5, 0.6) is 0 Å². The number of fused-ring (bicyclic) bond motifs is 1. The van der Waals surface area contributed by atoms with Crippen molar-refractivity contribution in [2.75, 3.05) is 6.54 Å². The molecule has 0 spiro atoms. The number of H-pyrrole nitrogens is 1. The Kier molecular flexibility index (Phi) is 4.58. The molecular weight excluding hydrogens is 342 g/mol. The number of aromatic amines is 1. The molecule has 1 atom stereocenters. The molecule has 0 bridgehead atoms. The summed E-state index contributed by atoms with van der Waals surface area (Å²) in [7, 11) is 0. The molecule has 7 nitrogen and oxygen atoms in total. The molecule has 1 amide bonds. The Bertz CT molecular complexity index is 995. The number of benzene rings is 1. The number of carbonyl (C=O) groups excluding carboxylic acids is 1. The average Bonchev–Trinajstić information content (AvgIpc) is 3.23. The van der Waals surface area contributed by atoms with Gasteiger partial charge in [-0.3, -0.25) is 14.3 Å². The van der Waals surface area contributed by atoms with Crippen LogP contribution in [-0.4, -0.2) is 37.1 Å². The van der Waals surface area contributed by atoms with Crippen molar-refractivity contribution in [1.29, 1.82) is 0 Å². The highest BCUT2D eigenvalue weighted by molar-refractivity contribution is 5.80. The highest BCUT2D eigenvalue weighted by Crippen LogP contribution is 2.22. The highest BCUT2D eigenvalue weighted by Gasteiger charge is 2.29. The van der Waals surface area contributed by atoms with Gasteiger partial charge in [-0.1, -0.05) is 37.3 Å². The maximum Gasteiger partial charge on any atom is 0.254 e. The van der Waals surface area contributed by atoms with Crippen LogP contribution in [0.2, 0.25) is 0 Å². The van der Waals surface area contributed by atoms with E-state index < -0.39 is 0 Å². The van der Waals surface area contributed by atoms with Crippen molar-refractivity contribution < 1.29 is 4.79 Å². The van der Waals surface area contributed by atoms with Crippen molar-refractivity contribution in [2.24, 2.45) is 0 Å². The van der Waals surface area contributed by atoms with E-state index in [1.54, 1.807) is 22.0 Å². The van der Waals surface area contributed by atoms with Crippen LogP contribution in [-0.2, 0) is 17.8 Å². The molecule has 138 valence electrons. The van der Waals surface area contributed by atoms with Gasteiger partial charge in [0.25, 0.3) is 5.56 Å². The average molecular weight is 363 g/mol. The fourth-order valence-corrected chi connectivity index (χ4v) is 3.51. The number of amides is 1. The van der Waals surface area contributed by atoms with E-state index in [4.69, 9.17) is 0 Å². The summed E-state index contributed by atoms with van der Waals surface area (Å²) < 4.78 is 1.69. The maximum atomic E-state index is 13.0. The van der Waals surface area contributed by atoms with E-state index in [-0.39, 0.29) is 17.5 Å². The molecule has 1 aliphatic rings. The number of nitrogens with one attached hydrogen (secondary N) is 1. The summed E-state index contributed by atoms with van der Waals surface area (Å²) in [5.74, 6) is 0.544. The first kappa shape index (κ1) is 17.2. The van der Waals surface area contributed by atoms with Gasteiger partial charge in [-0.15, -0.1) is 0 Å². The molecular formula is C20H21N5O2. The van der Waals surface area contributed by atoms with Gasteiger partial charge in [0.2, 0.25) is 5.91 Å². The quantitative estimate of drug-likeness (QED) is 0.770.